The lowest BCUT2D eigenvalue weighted by Crippen LogP contribution is -1.96. The predicted molar refractivity (Wildman–Crippen MR) is 58.2 cm³/mol. The number of hydrogen-bond donors (Lipinski definition) is 2. The van der Waals surface area contributed by atoms with Crippen molar-refractivity contribution < 1.29 is 5.11 Å². The predicted octanol–water partition coefficient (Wildman–Crippen LogP) is 2.31. The van der Waals surface area contributed by atoms with Gasteiger partial charge >= 0.3 is 0 Å². The molecule has 0 radical (unpaired) electrons. The van der Waals surface area contributed by atoms with Gasteiger partial charge in [-0.3, -0.25) is 0 Å². The quantitative estimate of drug-likeness (QED) is 0.719. The molecule has 0 aliphatic heterocycles. The third-order valence-electron chi connectivity index (χ3n) is 2.46. The average Bonchev–Trinajstić information content (AvgIpc) is 2.17. The Morgan fingerprint density at radius 1 is 1.29 bits per heavy atom. The standard InChI is InChI=1S/C12H13NO/c1-8-3-2-4-10-5-9(7-13)6-11(14)12(8)10/h2-6,14H,7,13H2,1H3. The monoisotopic (exact) mass is 187 g/mol. The van der Waals surface area contributed by atoms with Crippen molar-refractivity contribution in [2.75, 3.05) is 0 Å². The lowest BCUT2D eigenvalue weighted by molar-refractivity contribution is 0.480. The number of aryl methyl sites for hydroxylation is 1. The molecule has 2 aromatic carbocycles. The molecule has 0 fully saturated rings. The topological polar surface area (TPSA) is 46.2 Å². The van der Waals surface area contributed by atoms with E-state index >= 15 is 0 Å². The van der Waals surface area contributed by atoms with Crippen LogP contribution in [-0.2, 0) is 6.54 Å². The fraction of sp³-hybridized carbons (Fsp3) is 0.167. The van der Waals surface area contributed by atoms with E-state index in [2.05, 4.69) is 0 Å². The first-order chi connectivity index (χ1) is 6.72. The summed E-state index contributed by atoms with van der Waals surface area (Å²) in [4.78, 5) is 0. The molecule has 0 bridgehead atoms. The molecule has 2 aromatic rings. The summed E-state index contributed by atoms with van der Waals surface area (Å²) in [5, 5.41) is 11.8. The van der Waals surface area contributed by atoms with E-state index < -0.39 is 0 Å². The molecule has 3 N–H and O–H groups in total. The lowest BCUT2D eigenvalue weighted by atomic mass is 10.0. The number of phenolic OH excluding ortho intramolecular Hbond substituents is 1. The number of nitrogens with two attached hydrogens (primary N) is 1. The molecule has 0 saturated carbocycles. The van der Waals surface area contributed by atoms with E-state index in [4.69, 9.17) is 5.73 Å². The molecule has 72 valence electrons. The van der Waals surface area contributed by atoms with E-state index in [9.17, 15) is 5.11 Å². The van der Waals surface area contributed by atoms with Gasteiger partial charge in [-0.1, -0.05) is 18.2 Å². The van der Waals surface area contributed by atoms with E-state index in [1.165, 1.54) is 0 Å². The first-order valence-electron chi connectivity index (χ1n) is 4.63. The maximum Gasteiger partial charge on any atom is 0.123 e. The van der Waals surface area contributed by atoms with Crippen molar-refractivity contribution in [1.29, 1.82) is 0 Å². The van der Waals surface area contributed by atoms with Crippen LogP contribution in [0.1, 0.15) is 11.1 Å². The highest BCUT2D eigenvalue weighted by Crippen LogP contribution is 2.29. The minimum absolute atomic E-state index is 0.320. The molecule has 0 heterocycles. The summed E-state index contributed by atoms with van der Waals surface area (Å²) in [6.45, 7) is 2.45. The van der Waals surface area contributed by atoms with E-state index in [0.717, 1.165) is 21.9 Å². The van der Waals surface area contributed by atoms with Gasteiger partial charge in [0, 0.05) is 11.9 Å². The van der Waals surface area contributed by atoms with Crippen LogP contribution < -0.4 is 5.73 Å². The van der Waals surface area contributed by atoms with Crippen LogP contribution in [0.15, 0.2) is 30.3 Å². The fourth-order valence-electron chi connectivity index (χ4n) is 1.77. The molecule has 0 spiro atoms. The van der Waals surface area contributed by atoms with Gasteiger partial charge in [0.1, 0.15) is 5.75 Å². The van der Waals surface area contributed by atoms with Crippen LogP contribution in [0.4, 0.5) is 0 Å². The summed E-state index contributed by atoms with van der Waals surface area (Å²) in [5.41, 5.74) is 7.58. The highest BCUT2D eigenvalue weighted by atomic mass is 16.3. The molecule has 2 heteroatoms. The van der Waals surface area contributed by atoms with Gasteiger partial charge in [0.15, 0.2) is 0 Å². The van der Waals surface area contributed by atoms with Crippen molar-refractivity contribution in [3.8, 4) is 5.75 Å². The molecule has 2 rings (SSSR count). The Morgan fingerprint density at radius 2 is 2.07 bits per heavy atom. The smallest absolute Gasteiger partial charge is 0.123 e. The summed E-state index contributed by atoms with van der Waals surface area (Å²) < 4.78 is 0. The van der Waals surface area contributed by atoms with E-state index in [0.29, 0.717) is 12.3 Å². The maximum absolute atomic E-state index is 9.81. The first kappa shape index (κ1) is 9.03. The maximum atomic E-state index is 9.81. The molecule has 14 heavy (non-hydrogen) atoms. The van der Waals surface area contributed by atoms with Gasteiger partial charge in [0.25, 0.3) is 0 Å². The van der Waals surface area contributed by atoms with Crippen molar-refractivity contribution in [2.24, 2.45) is 5.73 Å². The molecule has 0 saturated heterocycles. The van der Waals surface area contributed by atoms with Crippen LogP contribution >= 0.6 is 0 Å². The van der Waals surface area contributed by atoms with Gasteiger partial charge in [0.05, 0.1) is 0 Å². The van der Waals surface area contributed by atoms with Gasteiger partial charge in [-0.25, -0.2) is 0 Å². The van der Waals surface area contributed by atoms with Crippen molar-refractivity contribution in [1.82, 2.24) is 0 Å². The number of rotatable bonds is 1. The molecule has 0 aromatic heterocycles. The Hall–Kier alpha value is -1.54. The van der Waals surface area contributed by atoms with E-state index in [1.54, 1.807) is 6.07 Å². The summed E-state index contributed by atoms with van der Waals surface area (Å²) in [7, 11) is 0. The fourth-order valence-corrected chi connectivity index (χ4v) is 1.77. The normalized spacial score (nSPS) is 10.7. The van der Waals surface area contributed by atoms with Crippen LogP contribution in [-0.4, -0.2) is 5.11 Å². The van der Waals surface area contributed by atoms with Crippen molar-refractivity contribution >= 4 is 10.8 Å². The average molecular weight is 187 g/mol. The van der Waals surface area contributed by atoms with Gasteiger partial charge in [0.2, 0.25) is 0 Å². The Morgan fingerprint density at radius 3 is 2.79 bits per heavy atom. The molecule has 2 nitrogen and oxygen atoms in total. The van der Waals surface area contributed by atoms with E-state index in [1.807, 2.05) is 31.2 Å². The summed E-state index contributed by atoms with van der Waals surface area (Å²) in [6, 6.07) is 9.71. The van der Waals surface area contributed by atoms with Crippen LogP contribution in [0.3, 0.4) is 0 Å². The number of phenols is 1. The SMILES string of the molecule is Cc1cccc2cc(CN)cc(O)c12. The summed E-state index contributed by atoms with van der Waals surface area (Å²) in [6.07, 6.45) is 0. The molecule has 0 aliphatic rings. The highest BCUT2D eigenvalue weighted by Gasteiger charge is 2.04. The van der Waals surface area contributed by atoms with Gasteiger partial charge < -0.3 is 10.8 Å². The third kappa shape index (κ3) is 1.34. The van der Waals surface area contributed by atoms with Crippen molar-refractivity contribution in [2.45, 2.75) is 13.5 Å². The molecule has 0 aliphatic carbocycles. The zero-order valence-corrected chi connectivity index (χ0v) is 8.12. The first-order valence-corrected chi connectivity index (χ1v) is 4.63. The second-order valence-corrected chi connectivity index (χ2v) is 3.49. The highest BCUT2D eigenvalue weighted by molar-refractivity contribution is 5.91. The molecular weight excluding hydrogens is 174 g/mol. The Kier molecular flexibility index (Phi) is 2.14. The third-order valence-corrected chi connectivity index (χ3v) is 2.46. The summed E-state index contributed by atoms with van der Waals surface area (Å²) >= 11 is 0. The number of fused-ring (bicyclic) bond motifs is 1. The lowest BCUT2D eigenvalue weighted by Gasteiger charge is -2.06. The van der Waals surface area contributed by atoms with Crippen molar-refractivity contribution in [3.05, 3.63) is 41.5 Å². The molecule has 0 unspecified atom stereocenters. The van der Waals surface area contributed by atoms with Crippen LogP contribution in [0.25, 0.3) is 10.8 Å². The zero-order chi connectivity index (χ0) is 10.1. The van der Waals surface area contributed by atoms with Crippen LogP contribution in [0.2, 0.25) is 0 Å². The second kappa shape index (κ2) is 3.31. The number of aromatic hydroxyl groups is 1. The molecule has 0 amide bonds. The van der Waals surface area contributed by atoms with Gasteiger partial charge in [-0.05, 0) is 35.6 Å². The van der Waals surface area contributed by atoms with Crippen LogP contribution in [0, 0.1) is 6.92 Å². The minimum atomic E-state index is 0.320. The Balaban J connectivity index is 2.83. The summed E-state index contributed by atoms with van der Waals surface area (Å²) in [5.74, 6) is 0.320. The number of hydrogen-bond acceptors (Lipinski definition) is 2. The molecular formula is C12H13NO. The Bertz CT molecular complexity index is 477. The van der Waals surface area contributed by atoms with Crippen molar-refractivity contribution in [3.63, 3.8) is 0 Å². The largest absolute Gasteiger partial charge is 0.507 e. The number of benzene rings is 2. The second-order valence-electron chi connectivity index (χ2n) is 3.49. The van der Waals surface area contributed by atoms with E-state index in [-0.39, 0.29) is 0 Å². The molecule has 0 atom stereocenters. The van der Waals surface area contributed by atoms with Gasteiger partial charge in [-0.2, -0.15) is 0 Å². The minimum Gasteiger partial charge on any atom is -0.507 e. The van der Waals surface area contributed by atoms with Crippen LogP contribution in [0.5, 0.6) is 5.75 Å². The zero-order valence-electron chi connectivity index (χ0n) is 8.12. The Labute approximate surface area is 83.0 Å². The van der Waals surface area contributed by atoms with Gasteiger partial charge in [-0.15, -0.1) is 0 Å².